The summed E-state index contributed by atoms with van der Waals surface area (Å²) in [6.07, 6.45) is 0. The van der Waals surface area contributed by atoms with Gasteiger partial charge < -0.3 is 10.1 Å². The number of hydrogen-bond acceptors (Lipinski definition) is 6. The number of nitrogens with one attached hydrogen (secondary N) is 1. The molecule has 0 atom stereocenters. The van der Waals surface area contributed by atoms with Crippen molar-refractivity contribution in [2.75, 3.05) is 19.0 Å². The summed E-state index contributed by atoms with van der Waals surface area (Å²) in [5.74, 6) is -0.539. The lowest BCUT2D eigenvalue weighted by Crippen LogP contribution is -2.32. The van der Waals surface area contributed by atoms with Crippen molar-refractivity contribution < 1.29 is 19.2 Å². The predicted octanol–water partition coefficient (Wildman–Crippen LogP) is 3.47. The molecule has 1 heterocycles. The number of imide groups is 1. The number of hydrogen-bond donors (Lipinski definition) is 1. The molecular weight excluding hydrogens is 386 g/mol. The molecule has 8 nitrogen and oxygen atoms in total. The summed E-state index contributed by atoms with van der Waals surface area (Å²) in [6.45, 7) is 1.87. The Morgan fingerprint density at radius 3 is 2.39 bits per heavy atom. The highest BCUT2D eigenvalue weighted by Crippen LogP contribution is 2.34. The number of rotatable bonds is 6. The Kier molecular flexibility index (Phi) is 5.32. The highest BCUT2D eigenvalue weighted by atomic mass is 35.5. The Bertz CT molecular complexity index is 1000. The molecule has 2 aromatic carbocycles. The molecule has 0 saturated carbocycles. The number of nitro benzene ring substituents is 1. The normalized spacial score (nSPS) is 13.9. The van der Waals surface area contributed by atoms with Gasteiger partial charge >= 0.3 is 0 Å². The maximum absolute atomic E-state index is 12.8. The fraction of sp³-hybridized carbons (Fsp3) is 0.158. The highest BCUT2D eigenvalue weighted by Gasteiger charge is 2.38. The largest absolute Gasteiger partial charge is 0.495 e. The van der Waals surface area contributed by atoms with Gasteiger partial charge in [0.25, 0.3) is 17.5 Å². The van der Waals surface area contributed by atoms with E-state index in [1.165, 1.54) is 31.4 Å². The summed E-state index contributed by atoms with van der Waals surface area (Å²) in [6, 6.07) is 10.3. The molecule has 0 aromatic heterocycles. The van der Waals surface area contributed by atoms with Gasteiger partial charge in [0.15, 0.2) is 0 Å². The summed E-state index contributed by atoms with van der Waals surface area (Å²) < 4.78 is 5.28. The first-order valence-electron chi connectivity index (χ1n) is 8.33. The Morgan fingerprint density at radius 1 is 1.14 bits per heavy atom. The lowest BCUT2D eigenvalue weighted by atomic mass is 10.0. The Labute approximate surface area is 165 Å². The molecule has 0 bridgehead atoms. The number of nitro groups is 1. The molecule has 0 aliphatic carbocycles. The van der Waals surface area contributed by atoms with Crippen molar-refractivity contribution in [2.24, 2.45) is 0 Å². The van der Waals surface area contributed by atoms with Crippen LogP contribution >= 0.6 is 11.6 Å². The molecule has 3 rings (SSSR count). The number of halogens is 1. The molecule has 0 fully saturated rings. The van der Waals surface area contributed by atoms with Crippen LogP contribution in [0.4, 0.5) is 11.4 Å². The standard InChI is InChI=1S/C19H16ClN3O5/c1-3-22-18(24)16(11-4-7-13(8-5-11)23(26)27)17(19(22)25)21-14-10-12(20)6-9-15(14)28-2/h4-10,21H,3H2,1-2H3. The van der Waals surface area contributed by atoms with Crippen LogP contribution in [0.25, 0.3) is 5.57 Å². The number of nitrogens with zero attached hydrogens (tertiary/aromatic N) is 2. The van der Waals surface area contributed by atoms with E-state index in [4.69, 9.17) is 16.3 Å². The van der Waals surface area contributed by atoms with Gasteiger partial charge in [0.2, 0.25) is 0 Å². The number of carbonyl (C=O) groups is 2. The van der Waals surface area contributed by atoms with Crippen LogP contribution in [-0.4, -0.2) is 35.3 Å². The van der Waals surface area contributed by atoms with Crippen molar-refractivity contribution in [2.45, 2.75) is 6.92 Å². The number of benzene rings is 2. The van der Waals surface area contributed by atoms with Crippen LogP contribution < -0.4 is 10.1 Å². The molecule has 2 amide bonds. The first-order valence-corrected chi connectivity index (χ1v) is 8.71. The fourth-order valence-electron chi connectivity index (χ4n) is 2.91. The van der Waals surface area contributed by atoms with Crippen LogP contribution in [0.15, 0.2) is 48.2 Å². The zero-order valence-corrected chi connectivity index (χ0v) is 15.8. The lowest BCUT2D eigenvalue weighted by molar-refractivity contribution is -0.384. The Balaban J connectivity index is 2.12. The molecule has 0 unspecified atom stereocenters. The van der Waals surface area contributed by atoms with Gasteiger partial charge in [0, 0.05) is 23.7 Å². The van der Waals surface area contributed by atoms with Crippen molar-refractivity contribution in [1.29, 1.82) is 0 Å². The fourth-order valence-corrected chi connectivity index (χ4v) is 3.08. The molecular formula is C19H16ClN3O5. The van der Waals surface area contributed by atoms with Crippen molar-refractivity contribution in [3.63, 3.8) is 0 Å². The third-order valence-electron chi connectivity index (χ3n) is 4.27. The van der Waals surface area contributed by atoms with Crippen LogP contribution in [0.2, 0.25) is 5.02 Å². The van der Waals surface area contributed by atoms with Crippen molar-refractivity contribution in [3.8, 4) is 5.75 Å². The molecule has 0 spiro atoms. The topological polar surface area (TPSA) is 102 Å². The molecule has 144 valence electrons. The summed E-state index contributed by atoms with van der Waals surface area (Å²) in [5.41, 5.74) is 0.886. The monoisotopic (exact) mass is 401 g/mol. The molecule has 9 heteroatoms. The molecule has 28 heavy (non-hydrogen) atoms. The average Bonchev–Trinajstić information content (AvgIpc) is 2.91. The van der Waals surface area contributed by atoms with Crippen molar-refractivity contribution >= 4 is 40.4 Å². The molecule has 1 aliphatic heterocycles. The number of likely N-dealkylation sites (N-methyl/N-ethyl adjacent to an activating group) is 1. The van der Waals surface area contributed by atoms with E-state index in [-0.39, 0.29) is 23.5 Å². The average molecular weight is 402 g/mol. The number of methoxy groups -OCH3 is 1. The number of non-ortho nitro benzene ring substituents is 1. The van der Waals surface area contributed by atoms with Crippen LogP contribution in [0.1, 0.15) is 12.5 Å². The van der Waals surface area contributed by atoms with E-state index in [9.17, 15) is 19.7 Å². The van der Waals surface area contributed by atoms with Crippen LogP contribution in [0.5, 0.6) is 5.75 Å². The van der Waals surface area contributed by atoms with Gasteiger partial charge in [-0.25, -0.2) is 0 Å². The molecule has 0 saturated heterocycles. The van der Waals surface area contributed by atoms with Crippen molar-refractivity contribution in [3.05, 3.63) is 68.9 Å². The molecule has 1 aliphatic rings. The van der Waals surface area contributed by atoms with Gasteiger partial charge in [-0.1, -0.05) is 11.6 Å². The maximum atomic E-state index is 12.8. The van der Waals surface area contributed by atoms with Gasteiger partial charge in [-0.15, -0.1) is 0 Å². The van der Waals surface area contributed by atoms with E-state index in [0.717, 1.165) is 4.90 Å². The second-order valence-electron chi connectivity index (χ2n) is 5.88. The van der Waals surface area contributed by atoms with E-state index in [1.807, 2.05) is 0 Å². The number of anilines is 1. The summed E-state index contributed by atoms with van der Waals surface area (Å²) in [7, 11) is 1.47. The second kappa shape index (κ2) is 7.69. The smallest absolute Gasteiger partial charge is 0.278 e. The number of ether oxygens (including phenoxy) is 1. The van der Waals surface area contributed by atoms with E-state index in [1.54, 1.807) is 25.1 Å². The zero-order chi connectivity index (χ0) is 20.4. The van der Waals surface area contributed by atoms with E-state index in [0.29, 0.717) is 22.0 Å². The minimum absolute atomic E-state index is 0.0567. The van der Waals surface area contributed by atoms with E-state index < -0.39 is 16.7 Å². The predicted molar refractivity (Wildman–Crippen MR) is 104 cm³/mol. The van der Waals surface area contributed by atoms with Gasteiger partial charge in [-0.3, -0.25) is 24.6 Å². The minimum Gasteiger partial charge on any atom is -0.495 e. The van der Waals surface area contributed by atoms with Crippen molar-refractivity contribution in [1.82, 2.24) is 4.90 Å². The minimum atomic E-state index is -0.534. The molecule has 1 N–H and O–H groups in total. The lowest BCUT2D eigenvalue weighted by Gasteiger charge is -2.14. The first-order chi connectivity index (χ1) is 13.4. The zero-order valence-electron chi connectivity index (χ0n) is 15.1. The Morgan fingerprint density at radius 2 is 1.82 bits per heavy atom. The van der Waals surface area contributed by atoms with E-state index in [2.05, 4.69) is 5.32 Å². The van der Waals surface area contributed by atoms with Crippen LogP contribution in [-0.2, 0) is 9.59 Å². The van der Waals surface area contributed by atoms with E-state index >= 15 is 0 Å². The molecule has 0 radical (unpaired) electrons. The quantitative estimate of drug-likeness (QED) is 0.451. The highest BCUT2D eigenvalue weighted by molar-refractivity contribution is 6.36. The van der Waals surface area contributed by atoms with Crippen LogP contribution in [0.3, 0.4) is 0 Å². The summed E-state index contributed by atoms with van der Waals surface area (Å²) >= 11 is 6.04. The van der Waals surface area contributed by atoms with Gasteiger partial charge in [0.05, 0.1) is 23.3 Å². The summed E-state index contributed by atoms with van der Waals surface area (Å²) in [5, 5.41) is 14.3. The molecule has 2 aromatic rings. The number of carbonyl (C=O) groups excluding carboxylic acids is 2. The third-order valence-corrected chi connectivity index (χ3v) is 4.51. The first kappa shape index (κ1) is 19.4. The van der Waals surface area contributed by atoms with Crippen LogP contribution in [0, 0.1) is 10.1 Å². The SMILES string of the molecule is CCN1C(=O)C(Nc2cc(Cl)ccc2OC)=C(c2ccc([N+](=O)[O-])cc2)C1=O. The summed E-state index contributed by atoms with van der Waals surface area (Å²) in [4.78, 5) is 37.0. The maximum Gasteiger partial charge on any atom is 0.278 e. The second-order valence-corrected chi connectivity index (χ2v) is 6.31. The van der Waals surface area contributed by atoms with Gasteiger partial charge in [-0.2, -0.15) is 0 Å². The third kappa shape index (κ3) is 3.41. The Hall–Kier alpha value is -3.39. The van der Waals surface area contributed by atoms with Gasteiger partial charge in [-0.05, 0) is 42.8 Å². The van der Waals surface area contributed by atoms with Gasteiger partial charge in [0.1, 0.15) is 11.4 Å². The number of amides is 2.